The molecule has 1 aromatic rings. The number of carbonyl (C=O) groups is 1. The highest BCUT2D eigenvalue weighted by Crippen LogP contribution is 2.36. The molecule has 1 N–H and O–H groups in total. The molecule has 92 valence electrons. The SMILES string of the molecule is CC(C)C1(C(=O)Nc2cncc(Br)c2)COC1. The molecule has 1 saturated heterocycles. The van der Waals surface area contributed by atoms with Gasteiger partial charge in [0.15, 0.2) is 0 Å². The molecular formula is C12H15BrN2O2. The summed E-state index contributed by atoms with van der Waals surface area (Å²) in [4.78, 5) is 16.3. The van der Waals surface area contributed by atoms with Gasteiger partial charge in [0.1, 0.15) is 0 Å². The summed E-state index contributed by atoms with van der Waals surface area (Å²) in [6, 6.07) is 1.83. The molecule has 2 heterocycles. The summed E-state index contributed by atoms with van der Waals surface area (Å²) in [5.41, 5.74) is 0.318. The van der Waals surface area contributed by atoms with Crippen LogP contribution in [0.1, 0.15) is 13.8 Å². The van der Waals surface area contributed by atoms with Crippen molar-refractivity contribution in [2.75, 3.05) is 18.5 Å². The van der Waals surface area contributed by atoms with Crippen molar-refractivity contribution < 1.29 is 9.53 Å². The zero-order valence-corrected chi connectivity index (χ0v) is 11.5. The molecule has 0 spiro atoms. The molecule has 0 unspecified atom stereocenters. The van der Waals surface area contributed by atoms with Crippen molar-refractivity contribution >= 4 is 27.5 Å². The smallest absolute Gasteiger partial charge is 0.235 e. The van der Waals surface area contributed by atoms with Crippen LogP contribution in [0.4, 0.5) is 5.69 Å². The number of hydrogen-bond acceptors (Lipinski definition) is 3. The third kappa shape index (κ3) is 2.35. The minimum absolute atomic E-state index is 0.0126. The van der Waals surface area contributed by atoms with Crippen LogP contribution in [0.15, 0.2) is 22.9 Å². The Balaban J connectivity index is 2.11. The lowest BCUT2D eigenvalue weighted by molar-refractivity contribution is -0.166. The average Bonchev–Trinajstić information content (AvgIpc) is 2.14. The highest BCUT2D eigenvalue weighted by Gasteiger charge is 2.48. The van der Waals surface area contributed by atoms with E-state index in [0.29, 0.717) is 18.9 Å². The number of anilines is 1. The number of hydrogen-bond donors (Lipinski definition) is 1. The molecule has 5 heteroatoms. The normalized spacial score (nSPS) is 17.6. The molecule has 0 radical (unpaired) electrons. The molecular weight excluding hydrogens is 284 g/mol. The van der Waals surface area contributed by atoms with Gasteiger partial charge in [-0.3, -0.25) is 9.78 Å². The molecule has 1 aliphatic rings. The van der Waals surface area contributed by atoms with Crippen LogP contribution in [-0.4, -0.2) is 24.1 Å². The van der Waals surface area contributed by atoms with E-state index in [1.54, 1.807) is 12.4 Å². The molecule has 1 fully saturated rings. The summed E-state index contributed by atoms with van der Waals surface area (Å²) in [6.45, 7) is 5.08. The van der Waals surface area contributed by atoms with E-state index in [4.69, 9.17) is 4.74 Å². The minimum atomic E-state index is -0.387. The van der Waals surface area contributed by atoms with Gasteiger partial charge in [-0.1, -0.05) is 13.8 Å². The van der Waals surface area contributed by atoms with Gasteiger partial charge in [0.2, 0.25) is 5.91 Å². The van der Waals surface area contributed by atoms with Crippen LogP contribution < -0.4 is 5.32 Å². The third-order valence-electron chi connectivity index (χ3n) is 3.24. The number of nitrogens with zero attached hydrogens (tertiary/aromatic N) is 1. The zero-order valence-electron chi connectivity index (χ0n) is 9.87. The summed E-state index contributed by atoms with van der Waals surface area (Å²) < 4.78 is 6.04. The number of nitrogens with one attached hydrogen (secondary N) is 1. The second kappa shape index (κ2) is 4.74. The van der Waals surface area contributed by atoms with Crippen LogP contribution in [0.2, 0.25) is 0 Å². The lowest BCUT2D eigenvalue weighted by atomic mass is 9.74. The standard InChI is InChI=1S/C12H15BrN2O2/c1-8(2)12(6-17-7-12)11(16)15-10-3-9(13)4-14-5-10/h3-5,8H,6-7H2,1-2H3,(H,15,16). The summed E-state index contributed by atoms with van der Waals surface area (Å²) in [6.07, 6.45) is 3.32. The molecule has 2 rings (SSSR count). The number of halogens is 1. The monoisotopic (exact) mass is 298 g/mol. The lowest BCUT2D eigenvalue weighted by Gasteiger charge is -2.43. The van der Waals surface area contributed by atoms with Gasteiger partial charge >= 0.3 is 0 Å². The molecule has 0 aliphatic carbocycles. The lowest BCUT2D eigenvalue weighted by Crippen LogP contribution is -2.55. The second-order valence-corrected chi connectivity index (χ2v) is 5.57. The molecule has 0 aromatic carbocycles. The van der Waals surface area contributed by atoms with Crippen molar-refractivity contribution in [2.45, 2.75) is 13.8 Å². The van der Waals surface area contributed by atoms with Gasteiger partial charge in [0, 0.05) is 10.7 Å². The van der Waals surface area contributed by atoms with Crippen LogP contribution in [0.5, 0.6) is 0 Å². The maximum absolute atomic E-state index is 12.2. The van der Waals surface area contributed by atoms with Gasteiger partial charge in [0.05, 0.1) is 30.5 Å². The van der Waals surface area contributed by atoms with E-state index in [2.05, 4.69) is 26.2 Å². The van der Waals surface area contributed by atoms with Crippen molar-refractivity contribution in [1.82, 2.24) is 4.98 Å². The van der Waals surface area contributed by atoms with Gasteiger partial charge in [-0.05, 0) is 27.9 Å². The number of rotatable bonds is 3. The largest absolute Gasteiger partial charge is 0.379 e. The Bertz CT molecular complexity index is 430. The summed E-state index contributed by atoms with van der Waals surface area (Å²) in [5.74, 6) is 0.273. The Kier molecular flexibility index (Phi) is 3.49. The maximum atomic E-state index is 12.2. The molecule has 0 saturated carbocycles. The van der Waals surface area contributed by atoms with Gasteiger partial charge in [-0.15, -0.1) is 0 Å². The Morgan fingerprint density at radius 3 is 2.71 bits per heavy atom. The van der Waals surface area contributed by atoms with E-state index in [0.717, 1.165) is 4.47 Å². The first kappa shape index (κ1) is 12.5. The first-order valence-corrected chi connectivity index (χ1v) is 6.34. The fraction of sp³-hybridized carbons (Fsp3) is 0.500. The fourth-order valence-corrected chi connectivity index (χ4v) is 2.15. The number of pyridine rings is 1. The molecule has 4 nitrogen and oxygen atoms in total. The number of aromatic nitrogens is 1. The zero-order chi connectivity index (χ0) is 12.5. The third-order valence-corrected chi connectivity index (χ3v) is 3.67. The predicted molar refractivity (Wildman–Crippen MR) is 68.7 cm³/mol. The van der Waals surface area contributed by atoms with Crippen LogP contribution in [0.3, 0.4) is 0 Å². The van der Waals surface area contributed by atoms with Crippen molar-refractivity contribution in [2.24, 2.45) is 11.3 Å². The topological polar surface area (TPSA) is 51.2 Å². The quantitative estimate of drug-likeness (QED) is 0.932. The van der Waals surface area contributed by atoms with Gasteiger partial charge in [-0.25, -0.2) is 0 Å². The van der Waals surface area contributed by atoms with Gasteiger partial charge in [-0.2, -0.15) is 0 Å². The van der Waals surface area contributed by atoms with E-state index < -0.39 is 0 Å². The minimum Gasteiger partial charge on any atom is -0.379 e. The van der Waals surface area contributed by atoms with Crippen LogP contribution in [-0.2, 0) is 9.53 Å². The van der Waals surface area contributed by atoms with E-state index in [1.807, 2.05) is 19.9 Å². The van der Waals surface area contributed by atoms with Crippen molar-refractivity contribution in [3.8, 4) is 0 Å². The van der Waals surface area contributed by atoms with Crippen LogP contribution >= 0.6 is 15.9 Å². The molecule has 1 aliphatic heterocycles. The van der Waals surface area contributed by atoms with E-state index in [9.17, 15) is 4.79 Å². The molecule has 0 bridgehead atoms. The van der Waals surface area contributed by atoms with Crippen molar-refractivity contribution in [3.63, 3.8) is 0 Å². The Morgan fingerprint density at radius 2 is 2.24 bits per heavy atom. The average molecular weight is 299 g/mol. The van der Waals surface area contributed by atoms with E-state index >= 15 is 0 Å². The van der Waals surface area contributed by atoms with E-state index in [1.165, 1.54) is 0 Å². The summed E-state index contributed by atoms with van der Waals surface area (Å²) >= 11 is 3.32. The summed E-state index contributed by atoms with van der Waals surface area (Å²) in [7, 11) is 0. The highest BCUT2D eigenvalue weighted by molar-refractivity contribution is 9.10. The fourth-order valence-electron chi connectivity index (χ4n) is 1.78. The number of ether oxygens (including phenoxy) is 1. The first-order valence-electron chi connectivity index (χ1n) is 5.54. The Hall–Kier alpha value is -0.940. The predicted octanol–water partition coefficient (Wildman–Crippen LogP) is 2.46. The molecule has 1 aromatic heterocycles. The van der Waals surface area contributed by atoms with Gasteiger partial charge in [0.25, 0.3) is 0 Å². The van der Waals surface area contributed by atoms with E-state index in [-0.39, 0.29) is 17.2 Å². The summed E-state index contributed by atoms with van der Waals surface area (Å²) in [5, 5.41) is 2.90. The van der Waals surface area contributed by atoms with Gasteiger partial charge < -0.3 is 10.1 Å². The molecule has 1 amide bonds. The second-order valence-electron chi connectivity index (χ2n) is 4.65. The Morgan fingerprint density at radius 1 is 1.53 bits per heavy atom. The number of amides is 1. The van der Waals surface area contributed by atoms with Crippen LogP contribution in [0, 0.1) is 11.3 Å². The molecule has 17 heavy (non-hydrogen) atoms. The Labute approximate surface area is 109 Å². The van der Waals surface area contributed by atoms with Crippen molar-refractivity contribution in [3.05, 3.63) is 22.9 Å². The maximum Gasteiger partial charge on any atom is 0.235 e. The highest BCUT2D eigenvalue weighted by atomic mass is 79.9. The first-order chi connectivity index (χ1) is 8.04. The van der Waals surface area contributed by atoms with Crippen LogP contribution in [0.25, 0.3) is 0 Å². The number of carbonyl (C=O) groups excluding carboxylic acids is 1. The van der Waals surface area contributed by atoms with Crippen molar-refractivity contribution in [1.29, 1.82) is 0 Å². The molecule has 0 atom stereocenters.